The fourth-order valence-corrected chi connectivity index (χ4v) is 19.2. The molecule has 9 heteroatoms. The van der Waals surface area contributed by atoms with Gasteiger partial charge in [0.1, 0.15) is 0 Å². The van der Waals surface area contributed by atoms with E-state index in [0.29, 0.717) is 5.82 Å². The summed E-state index contributed by atoms with van der Waals surface area (Å²) in [7, 11) is 0. The number of nitrogens with zero attached hydrogens (tertiary/aromatic N) is 9. The smallest absolute Gasteiger partial charge is 0.159 e. The van der Waals surface area contributed by atoms with Crippen LogP contribution in [-0.4, -0.2) is 44.9 Å². The molecule has 2 aliphatic rings. The van der Waals surface area contributed by atoms with E-state index in [1.165, 1.54) is 77.5 Å². The minimum absolute atomic E-state index is 0.487. The van der Waals surface area contributed by atoms with E-state index in [1.807, 2.05) is 67.6 Å². The summed E-state index contributed by atoms with van der Waals surface area (Å²) in [6.45, 7) is 0. The van der Waals surface area contributed by atoms with Crippen molar-refractivity contribution in [3.05, 3.63) is 452 Å². The van der Waals surface area contributed by atoms with E-state index in [1.54, 1.807) is 0 Å². The molecule has 118 heavy (non-hydrogen) atoms. The SMILES string of the molecule is c1ccc(C2(c3ccccc3)c3ccccc3-c3cc4c(-c5cccc(-c6ccc(-c7ccnc8c7ccc7cccnc78)nc6)c5)nc5ccccc5c4cc32)cc1.c1ccc(C2(c3ccccc3)c3ccccc3-c3cc4c(-c5cccc(-c6ncc(-c7ccnc8c7ccc7cccnc78)cn6)c5)nc5ccccc5c4cc32)cc1. The lowest BCUT2D eigenvalue weighted by atomic mass is 9.67. The standard InChI is InChI=1S/C55H34N4.C54H33N5/c1-3-16-39(17-4-1)55(40-18-5-2-6-19-40)48-22-9-7-20-41(48)46-32-47-45(33-49(46)55)42-21-8-10-23-51(42)59-52(47)37-14-11-13-36(31-37)38-25-27-50(58-34-38)43-28-30-57-54-44(43)26-24-35-15-12-29-56-53(35)54;1-3-16-38(17-4-1)54(39-18-5-2-6-19-39)47-22-9-7-20-41(47)45-30-46-44(31-48(45)54)42-21-8-10-23-49(42)59-50(46)35-13-11-14-36(29-35)53-57-32-37(33-58-53)40-26-28-56-52-43(40)25-24-34-15-12-27-55-51(34)52/h1-34H;1-33H. The van der Waals surface area contributed by atoms with Gasteiger partial charge in [-0.2, -0.15) is 0 Å². The minimum atomic E-state index is -0.496. The highest BCUT2D eigenvalue weighted by Gasteiger charge is 2.48. The van der Waals surface area contributed by atoms with Crippen molar-refractivity contribution in [1.29, 1.82) is 0 Å². The molecule has 0 fully saturated rings. The minimum Gasteiger partial charge on any atom is -0.256 e. The molecule has 9 nitrogen and oxygen atoms in total. The van der Waals surface area contributed by atoms with Crippen LogP contribution in [0, 0.1) is 0 Å². The first-order valence-electron chi connectivity index (χ1n) is 39.9. The molecule has 0 unspecified atom stereocenters. The third-order valence-electron chi connectivity index (χ3n) is 24.4. The molecule has 24 rings (SSSR count). The molecule has 548 valence electrons. The summed E-state index contributed by atoms with van der Waals surface area (Å²) < 4.78 is 0. The van der Waals surface area contributed by atoms with Gasteiger partial charge in [0, 0.05) is 120 Å². The molecule has 0 amide bonds. The van der Waals surface area contributed by atoms with Crippen molar-refractivity contribution in [3.8, 4) is 89.7 Å². The van der Waals surface area contributed by atoms with E-state index in [2.05, 4.69) is 350 Å². The fourth-order valence-electron chi connectivity index (χ4n) is 19.2. The predicted molar refractivity (Wildman–Crippen MR) is 480 cm³/mol. The van der Waals surface area contributed by atoms with E-state index in [4.69, 9.17) is 34.9 Å². The van der Waals surface area contributed by atoms with Crippen LogP contribution in [0.5, 0.6) is 0 Å². The molecule has 2 aliphatic carbocycles. The molecule has 0 bridgehead atoms. The largest absolute Gasteiger partial charge is 0.256 e. The van der Waals surface area contributed by atoms with Gasteiger partial charge in [0.25, 0.3) is 0 Å². The van der Waals surface area contributed by atoms with Gasteiger partial charge < -0.3 is 0 Å². The summed E-state index contributed by atoms with van der Waals surface area (Å²) in [6, 6.07) is 131. The lowest BCUT2D eigenvalue weighted by Gasteiger charge is -2.34. The van der Waals surface area contributed by atoms with Gasteiger partial charge in [-0.1, -0.05) is 285 Å². The second-order valence-corrected chi connectivity index (χ2v) is 30.6. The normalized spacial score (nSPS) is 12.9. The first-order chi connectivity index (χ1) is 58.5. The van der Waals surface area contributed by atoms with Crippen molar-refractivity contribution in [2.75, 3.05) is 0 Å². The molecule has 0 N–H and O–H groups in total. The summed E-state index contributed by atoms with van der Waals surface area (Å²) >= 11 is 0. The van der Waals surface area contributed by atoms with E-state index in [-0.39, 0.29) is 0 Å². The lowest BCUT2D eigenvalue weighted by Crippen LogP contribution is -2.28. The van der Waals surface area contributed by atoms with Crippen LogP contribution >= 0.6 is 0 Å². The number of fused-ring (bicyclic) bond motifs is 18. The van der Waals surface area contributed by atoms with Gasteiger partial charge in [-0.05, 0) is 168 Å². The molecule has 0 aliphatic heterocycles. The Morgan fingerprint density at radius 3 is 1.12 bits per heavy atom. The first kappa shape index (κ1) is 67.9. The van der Waals surface area contributed by atoms with Crippen LogP contribution < -0.4 is 0 Å². The van der Waals surface area contributed by atoms with Crippen molar-refractivity contribution in [2.45, 2.75) is 10.8 Å². The van der Waals surface area contributed by atoms with Crippen molar-refractivity contribution in [1.82, 2.24) is 44.9 Å². The molecule has 0 saturated carbocycles. The number of hydrogen-bond donors (Lipinski definition) is 0. The number of pyridine rings is 7. The molecule has 22 aromatic rings. The Hall–Kier alpha value is -15.7. The van der Waals surface area contributed by atoms with E-state index >= 15 is 0 Å². The molecule has 0 saturated heterocycles. The van der Waals surface area contributed by atoms with Crippen molar-refractivity contribution < 1.29 is 0 Å². The van der Waals surface area contributed by atoms with Gasteiger partial charge in [-0.15, -0.1) is 0 Å². The Morgan fingerprint density at radius 1 is 0.195 bits per heavy atom. The number of benzene rings is 14. The average molecular weight is 1500 g/mol. The van der Waals surface area contributed by atoms with Crippen molar-refractivity contribution in [2.24, 2.45) is 0 Å². The van der Waals surface area contributed by atoms with Crippen molar-refractivity contribution >= 4 is 87.0 Å². The highest BCUT2D eigenvalue weighted by atomic mass is 14.9. The van der Waals surface area contributed by atoms with Crippen LogP contribution in [0.15, 0.2) is 407 Å². The zero-order valence-electron chi connectivity index (χ0n) is 63.7. The highest BCUT2D eigenvalue weighted by molar-refractivity contribution is 6.16. The number of aromatic nitrogens is 9. The number of para-hydroxylation sites is 2. The van der Waals surface area contributed by atoms with E-state index < -0.39 is 10.8 Å². The molecule has 0 spiro atoms. The molecule has 0 radical (unpaired) electrons. The molecule has 14 aromatic carbocycles. The van der Waals surface area contributed by atoms with Gasteiger partial charge in [-0.25, -0.2) is 19.9 Å². The fraction of sp³-hybridized carbons (Fsp3) is 0.0183. The maximum absolute atomic E-state index is 5.42. The topological polar surface area (TPSA) is 116 Å². The van der Waals surface area contributed by atoms with Gasteiger partial charge in [0.05, 0.1) is 61.0 Å². The zero-order chi connectivity index (χ0) is 77.8. The Bertz CT molecular complexity index is 7250. The second kappa shape index (κ2) is 27.6. The monoisotopic (exact) mass is 1500 g/mol. The summed E-state index contributed by atoms with van der Waals surface area (Å²) in [5, 5.41) is 11.1. The number of rotatable bonds is 10. The first-order valence-corrected chi connectivity index (χ1v) is 39.9. The number of hydrogen-bond acceptors (Lipinski definition) is 9. The zero-order valence-corrected chi connectivity index (χ0v) is 63.7. The summed E-state index contributed by atoms with van der Waals surface area (Å²) in [5.74, 6) is 0.650. The van der Waals surface area contributed by atoms with E-state index in [9.17, 15) is 0 Å². The summed E-state index contributed by atoms with van der Waals surface area (Å²) in [4.78, 5) is 44.3. The maximum Gasteiger partial charge on any atom is 0.159 e. The third kappa shape index (κ3) is 10.7. The predicted octanol–water partition coefficient (Wildman–Crippen LogP) is 25.9. The Balaban J connectivity index is 0.000000138. The van der Waals surface area contributed by atoms with E-state index in [0.717, 1.165) is 138 Å². The Labute approximate surface area is 679 Å². The van der Waals surface area contributed by atoms with Crippen LogP contribution in [-0.2, 0) is 10.8 Å². The quantitative estimate of drug-likeness (QED) is 0.123. The lowest BCUT2D eigenvalue weighted by molar-refractivity contribution is 0.769. The molecular weight excluding hydrogens is 1440 g/mol. The van der Waals surface area contributed by atoms with Gasteiger partial charge in [0.15, 0.2) is 5.82 Å². The second-order valence-electron chi connectivity index (χ2n) is 30.6. The molecular formula is C109H67N9. The van der Waals surface area contributed by atoms with Crippen LogP contribution in [0.1, 0.15) is 44.5 Å². The Morgan fingerprint density at radius 2 is 0.619 bits per heavy atom. The van der Waals surface area contributed by atoms with Gasteiger partial charge in [0.2, 0.25) is 0 Å². The molecule has 8 heterocycles. The van der Waals surface area contributed by atoms with Crippen LogP contribution in [0.4, 0.5) is 0 Å². The van der Waals surface area contributed by atoms with Crippen LogP contribution in [0.25, 0.3) is 177 Å². The highest BCUT2D eigenvalue weighted by Crippen LogP contribution is 2.60. The average Bonchev–Trinajstić information content (AvgIpc) is 1.53. The maximum atomic E-state index is 5.42. The Kier molecular flexibility index (Phi) is 15.9. The van der Waals surface area contributed by atoms with Gasteiger partial charge in [-0.3, -0.25) is 24.9 Å². The van der Waals surface area contributed by atoms with Gasteiger partial charge >= 0.3 is 0 Å². The van der Waals surface area contributed by atoms with Crippen molar-refractivity contribution in [3.63, 3.8) is 0 Å². The summed E-state index contributed by atoms with van der Waals surface area (Å²) in [6.07, 6.45) is 13.1. The molecule has 8 aromatic heterocycles. The third-order valence-corrected chi connectivity index (χ3v) is 24.4. The summed E-state index contributed by atoms with van der Waals surface area (Å²) in [5.41, 5.74) is 30.5. The molecule has 0 atom stereocenters. The van der Waals surface area contributed by atoms with Crippen LogP contribution in [0.3, 0.4) is 0 Å². The van der Waals surface area contributed by atoms with Crippen LogP contribution in [0.2, 0.25) is 0 Å².